The Kier molecular flexibility index (Phi) is 9.69. The van der Waals surface area contributed by atoms with Gasteiger partial charge in [-0.3, -0.25) is 9.09 Å². The number of nitrogens with zero attached hydrogens (tertiary/aromatic N) is 2. The van der Waals surface area contributed by atoms with Crippen LogP contribution in [0, 0.1) is 5.92 Å². The van der Waals surface area contributed by atoms with Crippen molar-refractivity contribution in [3.05, 3.63) is 22.7 Å². The Morgan fingerprint density at radius 3 is 2.26 bits per heavy atom. The maximum absolute atomic E-state index is 12.0. The summed E-state index contributed by atoms with van der Waals surface area (Å²) in [7, 11) is -15.6. The van der Waals surface area contributed by atoms with Gasteiger partial charge in [0.15, 0.2) is 0 Å². The van der Waals surface area contributed by atoms with Gasteiger partial charge in [0.05, 0.1) is 13.2 Å². The molecule has 20 heteroatoms. The molecule has 0 fully saturated rings. The first-order valence-electron chi connectivity index (χ1n) is 8.06. The van der Waals surface area contributed by atoms with Crippen LogP contribution in [0.5, 0.6) is 0 Å². The molecule has 0 radical (unpaired) electrons. The van der Waals surface area contributed by atoms with Gasteiger partial charge in [0.1, 0.15) is 11.4 Å². The number of aromatic nitrogens is 2. The fourth-order valence-electron chi connectivity index (χ4n) is 2.36. The van der Waals surface area contributed by atoms with Crippen molar-refractivity contribution in [3.63, 3.8) is 0 Å². The maximum Gasteiger partial charge on any atom is 0.490 e. The van der Waals surface area contributed by atoms with E-state index in [0.717, 1.165) is 11.7 Å². The molecule has 1 aromatic heterocycles. The quantitative estimate of drug-likeness (QED) is 0.142. The summed E-state index contributed by atoms with van der Waals surface area (Å²) in [6.45, 7) is -2.29. The van der Waals surface area contributed by atoms with Gasteiger partial charge in [0.2, 0.25) is 0 Å². The fraction of sp³-hybridized carbons (Fsp3) is 0.636. The van der Waals surface area contributed by atoms with Crippen LogP contribution in [0.25, 0.3) is 0 Å². The van der Waals surface area contributed by atoms with E-state index >= 15 is 0 Å². The summed E-state index contributed by atoms with van der Waals surface area (Å²) in [5.41, 5.74) is 8.56. The monoisotopic (exact) mass is 512 g/mol. The summed E-state index contributed by atoms with van der Waals surface area (Å²) in [5, 5.41) is 9.77. The number of anilines is 1. The predicted molar refractivity (Wildman–Crippen MR) is 102 cm³/mol. The molecular weight excluding hydrogens is 489 g/mol. The summed E-state index contributed by atoms with van der Waals surface area (Å²) < 4.78 is 52.1. The number of methoxy groups -OCH3 is 1. The molecule has 1 aromatic rings. The first-order chi connectivity index (χ1) is 14.1. The molecule has 0 aliphatic heterocycles. The van der Waals surface area contributed by atoms with Crippen LogP contribution >= 0.6 is 23.5 Å². The number of hydrogen-bond donors (Lipinski definition) is 7. The minimum atomic E-state index is -5.72. The van der Waals surface area contributed by atoms with Gasteiger partial charge in [-0.15, -0.1) is 0 Å². The van der Waals surface area contributed by atoms with Gasteiger partial charge >= 0.3 is 29.2 Å². The Balaban J connectivity index is 3.04. The van der Waals surface area contributed by atoms with Crippen molar-refractivity contribution in [1.29, 1.82) is 0 Å². The van der Waals surface area contributed by atoms with Gasteiger partial charge in [-0.25, -0.2) is 18.5 Å². The minimum Gasteiger partial charge on any atom is -0.396 e. The van der Waals surface area contributed by atoms with Crippen LogP contribution in [-0.2, 0) is 38.1 Å². The largest absolute Gasteiger partial charge is 0.490 e. The Hall–Kier alpha value is -1.03. The molecule has 0 bridgehead atoms. The van der Waals surface area contributed by atoms with Crippen molar-refractivity contribution in [2.24, 2.45) is 11.7 Å². The first kappa shape index (κ1) is 28.0. The lowest BCUT2D eigenvalue weighted by molar-refractivity contribution is -0.101. The third kappa shape index (κ3) is 8.79. The van der Waals surface area contributed by atoms with Gasteiger partial charge in [0, 0.05) is 32.3 Å². The van der Waals surface area contributed by atoms with E-state index in [1.165, 1.54) is 12.3 Å². The normalized spacial score (nSPS) is 19.2. The standard InChI is InChI=1S/C11H23N4O13P3/c1-25-11(6-12,8(5-16)4-15-3-2-9(13)14-10(15)17)7-26-30(21,22)28-31(23,24)27-29(18,19)20/h2-3,8,16H,4-7,12H2,1H3,(H,21,22)(H,23,24)(H2,13,14,17)(H2,18,19,20)/t8-,11-/m1/s1. The van der Waals surface area contributed by atoms with E-state index in [1.807, 2.05) is 0 Å². The Bertz CT molecular complexity index is 945. The number of rotatable bonds is 13. The number of aliphatic hydroxyl groups excluding tert-OH is 1. The van der Waals surface area contributed by atoms with Gasteiger partial charge in [0.25, 0.3) is 0 Å². The number of nitrogen functional groups attached to an aromatic ring is 1. The lowest BCUT2D eigenvalue weighted by atomic mass is 9.88. The fourth-order valence-corrected chi connectivity index (χ4v) is 5.43. The zero-order chi connectivity index (χ0) is 24.1. The summed E-state index contributed by atoms with van der Waals surface area (Å²) in [4.78, 5) is 51.3. The molecule has 0 saturated carbocycles. The predicted octanol–water partition coefficient (Wildman–Crippen LogP) is -1.88. The molecule has 9 N–H and O–H groups in total. The van der Waals surface area contributed by atoms with Crippen molar-refractivity contribution in [2.75, 3.05) is 32.6 Å². The van der Waals surface area contributed by atoms with Gasteiger partial charge in [-0.05, 0) is 6.07 Å². The summed E-state index contributed by atoms with van der Waals surface area (Å²) in [6, 6.07) is 1.30. The van der Waals surface area contributed by atoms with Crippen LogP contribution in [0.15, 0.2) is 17.1 Å². The molecule has 0 saturated heterocycles. The number of aliphatic hydroxyl groups is 1. The Labute approximate surface area is 175 Å². The van der Waals surface area contributed by atoms with Crippen LogP contribution in [-0.4, -0.2) is 66.7 Å². The number of phosphoric acid groups is 3. The summed E-state index contributed by atoms with van der Waals surface area (Å²) in [6.07, 6.45) is 1.27. The molecule has 17 nitrogen and oxygen atoms in total. The van der Waals surface area contributed by atoms with Crippen molar-refractivity contribution in [3.8, 4) is 0 Å². The molecule has 0 spiro atoms. The van der Waals surface area contributed by atoms with Crippen molar-refractivity contribution < 1.29 is 56.3 Å². The molecule has 0 amide bonds. The number of hydrogen-bond acceptors (Lipinski definition) is 12. The molecule has 1 rings (SSSR count). The lowest BCUT2D eigenvalue weighted by Crippen LogP contribution is -2.53. The van der Waals surface area contributed by atoms with Crippen LogP contribution in [0.3, 0.4) is 0 Å². The van der Waals surface area contributed by atoms with Crippen LogP contribution < -0.4 is 17.2 Å². The van der Waals surface area contributed by atoms with Crippen molar-refractivity contribution >= 4 is 29.3 Å². The smallest absolute Gasteiger partial charge is 0.396 e. The van der Waals surface area contributed by atoms with E-state index in [9.17, 15) is 33.4 Å². The highest BCUT2D eigenvalue weighted by molar-refractivity contribution is 7.66. The van der Waals surface area contributed by atoms with E-state index in [-0.39, 0.29) is 12.4 Å². The van der Waals surface area contributed by atoms with Crippen molar-refractivity contribution in [2.45, 2.75) is 12.1 Å². The van der Waals surface area contributed by atoms with Crippen LogP contribution in [0.2, 0.25) is 0 Å². The maximum atomic E-state index is 12.0. The van der Waals surface area contributed by atoms with E-state index < -0.39 is 60.4 Å². The van der Waals surface area contributed by atoms with Gasteiger partial charge in [-0.1, -0.05) is 0 Å². The Morgan fingerprint density at radius 2 is 1.81 bits per heavy atom. The van der Waals surface area contributed by atoms with Gasteiger partial charge in [-0.2, -0.15) is 13.6 Å². The molecule has 0 aromatic carbocycles. The molecule has 2 unspecified atom stereocenters. The number of phosphoric ester groups is 1. The second kappa shape index (κ2) is 10.7. The molecule has 0 aliphatic rings. The highest BCUT2D eigenvalue weighted by Gasteiger charge is 2.44. The summed E-state index contributed by atoms with van der Waals surface area (Å²) in [5.74, 6) is -1.09. The highest BCUT2D eigenvalue weighted by atomic mass is 31.3. The van der Waals surface area contributed by atoms with Crippen LogP contribution in [0.1, 0.15) is 0 Å². The molecule has 4 atom stereocenters. The van der Waals surface area contributed by atoms with E-state index in [2.05, 4.69) is 18.1 Å². The highest BCUT2D eigenvalue weighted by Crippen LogP contribution is 2.66. The second-order valence-electron chi connectivity index (χ2n) is 6.00. The zero-order valence-corrected chi connectivity index (χ0v) is 18.6. The molecule has 31 heavy (non-hydrogen) atoms. The molecule has 180 valence electrons. The first-order valence-corrected chi connectivity index (χ1v) is 12.6. The van der Waals surface area contributed by atoms with E-state index in [0.29, 0.717) is 0 Å². The molecular formula is C11H23N4O13P3. The average molecular weight is 512 g/mol. The topological polar surface area (TPSA) is 276 Å². The molecule has 1 heterocycles. The van der Waals surface area contributed by atoms with Crippen LogP contribution in [0.4, 0.5) is 5.82 Å². The van der Waals surface area contributed by atoms with Crippen molar-refractivity contribution in [1.82, 2.24) is 9.55 Å². The van der Waals surface area contributed by atoms with E-state index in [4.69, 9.17) is 26.0 Å². The van der Waals surface area contributed by atoms with E-state index in [1.54, 1.807) is 0 Å². The second-order valence-corrected chi connectivity index (χ2v) is 10.4. The average Bonchev–Trinajstić information content (AvgIpc) is 2.60. The number of nitrogens with two attached hydrogens (primary N) is 2. The summed E-state index contributed by atoms with van der Waals surface area (Å²) >= 11 is 0. The lowest BCUT2D eigenvalue weighted by Gasteiger charge is -2.38. The third-order valence-electron chi connectivity index (χ3n) is 3.92. The number of ether oxygens (including phenoxy) is 1. The molecule has 0 aliphatic carbocycles. The SMILES string of the molecule is CO[C@](CN)(COP(=O)(O)OP(=O)(O)OP(=O)(O)O)[C@@H](CO)Cn1ccc(N)nc1=O. The van der Waals surface area contributed by atoms with Gasteiger partial charge < -0.3 is 40.9 Å². The minimum absolute atomic E-state index is 0.0497. The zero-order valence-electron chi connectivity index (χ0n) is 16.0. The third-order valence-corrected chi connectivity index (χ3v) is 7.70. The Morgan fingerprint density at radius 1 is 1.19 bits per heavy atom.